The SMILES string of the molecule is Cc1cccc(-n2c(SCc3nc(C(=O)Nc4ccccc4F)cs3)nnc2-c2cccs2)c1. The third-order valence-corrected chi connectivity index (χ3v) is 7.70. The Kier molecular flexibility index (Phi) is 6.52. The summed E-state index contributed by atoms with van der Waals surface area (Å²) in [6.45, 7) is 2.05. The molecule has 6 nitrogen and oxygen atoms in total. The number of thioether (sulfide) groups is 1. The summed E-state index contributed by atoms with van der Waals surface area (Å²) in [5.41, 5.74) is 2.51. The molecule has 0 aliphatic rings. The number of nitrogens with zero attached hydrogens (tertiary/aromatic N) is 4. The van der Waals surface area contributed by atoms with E-state index in [2.05, 4.69) is 39.6 Å². The minimum absolute atomic E-state index is 0.129. The van der Waals surface area contributed by atoms with Crippen LogP contribution in [0.5, 0.6) is 0 Å². The van der Waals surface area contributed by atoms with Crippen molar-refractivity contribution in [2.75, 3.05) is 5.32 Å². The van der Waals surface area contributed by atoms with Crippen LogP contribution in [0.25, 0.3) is 16.4 Å². The molecule has 0 spiro atoms. The molecule has 0 atom stereocenters. The summed E-state index contributed by atoms with van der Waals surface area (Å²) in [6.07, 6.45) is 0. The van der Waals surface area contributed by atoms with Crippen molar-refractivity contribution in [2.45, 2.75) is 17.8 Å². The predicted molar refractivity (Wildman–Crippen MR) is 135 cm³/mol. The lowest BCUT2D eigenvalue weighted by atomic mass is 10.2. The molecule has 0 aliphatic carbocycles. The molecule has 0 saturated heterocycles. The van der Waals surface area contributed by atoms with Crippen molar-refractivity contribution < 1.29 is 9.18 Å². The van der Waals surface area contributed by atoms with Crippen molar-refractivity contribution in [1.29, 1.82) is 0 Å². The van der Waals surface area contributed by atoms with E-state index in [1.165, 1.54) is 35.2 Å². The zero-order valence-corrected chi connectivity index (χ0v) is 20.4. The summed E-state index contributed by atoms with van der Waals surface area (Å²) in [4.78, 5) is 18.0. The van der Waals surface area contributed by atoms with Crippen LogP contribution in [0.1, 0.15) is 21.1 Å². The number of carbonyl (C=O) groups excluding carboxylic acids is 1. The first-order chi connectivity index (χ1) is 16.6. The highest BCUT2D eigenvalue weighted by molar-refractivity contribution is 7.98. The number of anilines is 1. The van der Waals surface area contributed by atoms with Gasteiger partial charge < -0.3 is 5.32 Å². The largest absolute Gasteiger partial charge is 0.318 e. The molecule has 1 amide bonds. The van der Waals surface area contributed by atoms with Gasteiger partial charge in [0.2, 0.25) is 0 Å². The fourth-order valence-electron chi connectivity index (χ4n) is 3.29. The van der Waals surface area contributed by atoms with Crippen LogP contribution in [0, 0.1) is 12.7 Å². The number of benzene rings is 2. The molecule has 0 unspecified atom stereocenters. The molecule has 0 aliphatic heterocycles. The van der Waals surface area contributed by atoms with Crippen molar-refractivity contribution in [3.63, 3.8) is 0 Å². The van der Waals surface area contributed by atoms with E-state index in [4.69, 9.17) is 0 Å². The lowest BCUT2D eigenvalue weighted by Crippen LogP contribution is -2.13. The Balaban J connectivity index is 1.36. The average Bonchev–Trinajstić information content (AvgIpc) is 3.59. The van der Waals surface area contributed by atoms with E-state index in [0.29, 0.717) is 5.75 Å². The number of halogens is 1. The summed E-state index contributed by atoms with van der Waals surface area (Å²) in [6, 6.07) is 18.3. The first-order valence-corrected chi connectivity index (χ1v) is 13.0. The van der Waals surface area contributed by atoms with Gasteiger partial charge in [-0.25, -0.2) is 9.37 Å². The second-order valence-electron chi connectivity index (χ2n) is 7.31. The number of aryl methyl sites for hydroxylation is 1. The first-order valence-electron chi connectivity index (χ1n) is 10.3. The highest BCUT2D eigenvalue weighted by Gasteiger charge is 2.18. The molecule has 0 radical (unpaired) electrons. The van der Waals surface area contributed by atoms with Gasteiger partial charge >= 0.3 is 0 Å². The van der Waals surface area contributed by atoms with Crippen LogP contribution in [-0.4, -0.2) is 25.7 Å². The summed E-state index contributed by atoms with van der Waals surface area (Å²) in [5.74, 6) is 0.373. The van der Waals surface area contributed by atoms with Gasteiger partial charge in [-0.15, -0.1) is 32.9 Å². The van der Waals surface area contributed by atoms with Crippen molar-refractivity contribution in [2.24, 2.45) is 0 Å². The molecule has 1 N–H and O–H groups in total. The summed E-state index contributed by atoms with van der Waals surface area (Å²) >= 11 is 4.49. The van der Waals surface area contributed by atoms with Crippen LogP contribution >= 0.6 is 34.4 Å². The number of carbonyl (C=O) groups is 1. The average molecular weight is 508 g/mol. The molecule has 5 rings (SSSR count). The zero-order valence-electron chi connectivity index (χ0n) is 17.9. The zero-order chi connectivity index (χ0) is 23.5. The van der Waals surface area contributed by atoms with E-state index in [-0.39, 0.29) is 11.4 Å². The summed E-state index contributed by atoms with van der Waals surface area (Å²) in [7, 11) is 0. The molecule has 0 bridgehead atoms. The van der Waals surface area contributed by atoms with Crippen LogP contribution < -0.4 is 5.32 Å². The predicted octanol–water partition coefficient (Wildman–Crippen LogP) is 6.44. The smallest absolute Gasteiger partial charge is 0.275 e. The summed E-state index contributed by atoms with van der Waals surface area (Å²) in [5, 5.41) is 16.6. The molecule has 0 fully saturated rings. The maximum atomic E-state index is 13.8. The Labute approximate surface area is 207 Å². The molecule has 3 heterocycles. The molecule has 10 heteroatoms. The third kappa shape index (κ3) is 4.79. The highest BCUT2D eigenvalue weighted by atomic mass is 32.2. The van der Waals surface area contributed by atoms with E-state index in [0.717, 1.165) is 32.1 Å². The lowest BCUT2D eigenvalue weighted by Gasteiger charge is -2.10. The molecule has 34 heavy (non-hydrogen) atoms. The second kappa shape index (κ2) is 9.88. The number of aromatic nitrogens is 4. The Morgan fingerprint density at radius 3 is 2.76 bits per heavy atom. The van der Waals surface area contributed by atoms with Gasteiger partial charge in [-0.05, 0) is 48.2 Å². The minimum Gasteiger partial charge on any atom is -0.318 e. The first kappa shape index (κ1) is 22.5. The van der Waals surface area contributed by atoms with E-state index in [1.54, 1.807) is 28.8 Å². The van der Waals surface area contributed by atoms with E-state index in [1.807, 2.05) is 34.2 Å². The molecule has 5 aromatic rings. The highest BCUT2D eigenvalue weighted by Crippen LogP contribution is 2.32. The fourth-order valence-corrected chi connectivity index (χ4v) is 5.73. The van der Waals surface area contributed by atoms with Gasteiger partial charge in [-0.1, -0.05) is 42.1 Å². The number of amides is 1. The number of nitrogens with one attached hydrogen (secondary N) is 1. The maximum Gasteiger partial charge on any atom is 0.275 e. The number of hydrogen-bond acceptors (Lipinski definition) is 7. The van der Waals surface area contributed by atoms with Gasteiger partial charge in [0.15, 0.2) is 11.0 Å². The molecule has 0 saturated carbocycles. The Morgan fingerprint density at radius 2 is 1.97 bits per heavy atom. The lowest BCUT2D eigenvalue weighted by molar-refractivity contribution is 0.102. The topological polar surface area (TPSA) is 72.7 Å². The monoisotopic (exact) mass is 507 g/mol. The van der Waals surface area contributed by atoms with Gasteiger partial charge in [-0.3, -0.25) is 9.36 Å². The second-order valence-corrected chi connectivity index (χ2v) is 10.1. The van der Waals surface area contributed by atoms with Gasteiger partial charge in [0.25, 0.3) is 5.91 Å². The minimum atomic E-state index is -0.487. The third-order valence-electron chi connectivity index (χ3n) is 4.87. The van der Waals surface area contributed by atoms with Crippen LogP contribution in [-0.2, 0) is 5.75 Å². The van der Waals surface area contributed by atoms with Gasteiger partial charge in [-0.2, -0.15) is 0 Å². The standard InChI is InChI=1S/C24H18FN5OS3/c1-15-6-4-7-16(12-15)30-22(20-10-5-11-32-20)28-29-24(30)34-14-21-26-19(13-33-21)23(31)27-18-9-3-2-8-17(18)25/h2-13H,14H2,1H3,(H,27,31). The molecular formula is C24H18FN5OS3. The van der Waals surface area contributed by atoms with Crippen molar-refractivity contribution in [3.05, 3.63) is 93.5 Å². The number of rotatable bonds is 7. The number of para-hydroxylation sites is 1. The van der Waals surface area contributed by atoms with E-state index >= 15 is 0 Å². The molecule has 3 aromatic heterocycles. The van der Waals surface area contributed by atoms with Crippen molar-refractivity contribution >= 4 is 46.0 Å². The van der Waals surface area contributed by atoms with Crippen molar-refractivity contribution in [3.8, 4) is 16.4 Å². The van der Waals surface area contributed by atoms with Gasteiger partial charge in [0.1, 0.15) is 16.5 Å². The molecular weight excluding hydrogens is 489 g/mol. The van der Waals surface area contributed by atoms with Crippen LogP contribution in [0.4, 0.5) is 10.1 Å². The van der Waals surface area contributed by atoms with Gasteiger partial charge in [0.05, 0.1) is 22.0 Å². The van der Waals surface area contributed by atoms with Crippen LogP contribution in [0.15, 0.2) is 76.6 Å². The number of hydrogen-bond donors (Lipinski definition) is 1. The quantitative estimate of drug-likeness (QED) is 0.257. The van der Waals surface area contributed by atoms with Gasteiger partial charge in [0, 0.05) is 5.38 Å². The van der Waals surface area contributed by atoms with E-state index in [9.17, 15) is 9.18 Å². The Morgan fingerprint density at radius 1 is 1.09 bits per heavy atom. The Bertz CT molecular complexity index is 1440. The maximum absolute atomic E-state index is 13.8. The fraction of sp³-hybridized carbons (Fsp3) is 0.0833. The number of thiophene rings is 1. The van der Waals surface area contributed by atoms with E-state index < -0.39 is 11.7 Å². The van der Waals surface area contributed by atoms with Crippen LogP contribution in [0.2, 0.25) is 0 Å². The molecule has 2 aromatic carbocycles. The van der Waals surface area contributed by atoms with Crippen molar-refractivity contribution in [1.82, 2.24) is 19.7 Å². The summed E-state index contributed by atoms with van der Waals surface area (Å²) < 4.78 is 15.9. The number of thiazole rings is 1. The normalized spacial score (nSPS) is 11.0. The Hall–Kier alpha value is -3.34. The van der Waals surface area contributed by atoms with Crippen LogP contribution in [0.3, 0.4) is 0 Å². The molecule has 170 valence electrons.